The third-order valence-electron chi connectivity index (χ3n) is 5.76. The third-order valence-corrected chi connectivity index (χ3v) is 7.58. The van der Waals surface area contributed by atoms with Gasteiger partial charge in [-0.25, -0.2) is 8.42 Å². The number of hydrogen-bond donors (Lipinski definition) is 0. The monoisotopic (exact) mass is 408 g/mol. The van der Waals surface area contributed by atoms with Gasteiger partial charge in [0.15, 0.2) is 9.84 Å². The van der Waals surface area contributed by atoms with E-state index in [0.717, 1.165) is 12.8 Å². The SMILES string of the molecule is CCCCCCCCCCCCCC[C@H](C)CCCS(=O)(=O)c1ccccc1. The standard InChI is InChI=1S/C25H44O2S/c1-3-4-5-6-7-8-9-10-11-12-13-15-19-24(2)20-18-23-28(26,27)25-21-16-14-17-22-25/h14,16-17,21-22,24H,3-13,15,18-20,23H2,1-2H3/t24-/m0/s1. The van der Waals surface area contributed by atoms with Gasteiger partial charge >= 0.3 is 0 Å². The number of hydrogen-bond acceptors (Lipinski definition) is 2. The van der Waals surface area contributed by atoms with Crippen molar-refractivity contribution in [2.45, 2.75) is 115 Å². The molecule has 28 heavy (non-hydrogen) atoms. The summed E-state index contributed by atoms with van der Waals surface area (Å²) in [5.74, 6) is 0.911. The Hall–Kier alpha value is -0.830. The molecule has 1 rings (SSSR count). The lowest BCUT2D eigenvalue weighted by Gasteiger charge is -2.11. The highest BCUT2D eigenvalue weighted by molar-refractivity contribution is 7.91. The highest BCUT2D eigenvalue weighted by Crippen LogP contribution is 2.19. The highest BCUT2D eigenvalue weighted by atomic mass is 32.2. The summed E-state index contributed by atoms with van der Waals surface area (Å²) in [5, 5.41) is 0. The molecule has 1 aromatic carbocycles. The van der Waals surface area contributed by atoms with Crippen LogP contribution in [0.5, 0.6) is 0 Å². The van der Waals surface area contributed by atoms with Crippen molar-refractivity contribution in [1.82, 2.24) is 0 Å². The minimum atomic E-state index is -3.10. The average Bonchev–Trinajstić information content (AvgIpc) is 2.69. The first kappa shape index (κ1) is 25.2. The van der Waals surface area contributed by atoms with Crippen molar-refractivity contribution in [2.75, 3.05) is 5.75 Å². The van der Waals surface area contributed by atoms with E-state index in [2.05, 4.69) is 13.8 Å². The maximum atomic E-state index is 12.3. The first-order valence-electron chi connectivity index (χ1n) is 11.8. The Balaban J connectivity index is 1.94. The molecule has 2 nitrogen and oxygen atoms in total. The molecule has 162 valence electrons. The number of rotatable bonds is 18. The molecule has 0 saturated heterocycles. The quantitative estimate of drug-likeness (QED) is 0.231. The normalized spacial score (nSPS) is 12.9. The van der Waals surface area contributed by atoms with Crippen LogP contribution in [-0.4, -0.2) is 14.2 Å². The summed E-state index contributed by atoms with van der Waals surface area (Å²) >= 11 is 0. The third kappa shape index (κ3) is 12.6. The van der Waals surface area contributed by atoms with Crippen molar-refractivity contribution in [3.8, 4) is 0 Å². The summed E-state index contributed by atoms with van der Waals surface area (Å²) < 4.78 is 24.6. The zero-order chi connectivity index (χ0) is 20.5. The van der Waals surface area contributed by atoms with Gasteiger partial charge in [0, 0.05) is 0 Å². The summed E-state index contributed by atoms with van der Waals surface area (Å²) in [6, 6.07) is 8.85. The van der Waals surface area contributed by atoms with Gasteiger partial charge in [0.25, 0.3) is 0 Å². The number of sulfone groups is 1. The minimum Gasteiger partial charge on any atom is -0.224 e. The van der Waals surface area contributed by atoms with Gasteiger partial charge in [0.05, 0.1) is 10.6 Å². The van der Waals surface area contributed by atoms with Gasteiger partial charge in [-0.3, -0.25) is 0 Å². The van der Waals surface area contributed by atoms with Crippen LogP contribution in [0.25, 0.3) is 0 Å². The van der Waals surface area contributed by atoms with Crippen LogP contribution in [0.2, 0.25) is 0 Å². The molecule has 0 amide bonds. The molecule has 3 heteroatoms. The van der Waals surface area contributed by atoms with Crippen molar-refractivity contribution in [3.05, 3.63) is 30.3 Å². The molecule has 1 aromatic rings. The van der Waals surface area contributed by atoms with Crippen LogP contribution in [0.4, 0.5) is 0 Å². The highest BCUT2D eigenvalue weighted by Gasteiger charge is 2.14. The van der Waals surface area contributed by atoms with Crippen LogP contribution in [0.3, 0.4) is 0 Å². The van der Waals surface area contributed by atoms with E-state index >= 15 is 0 Å². The fourth-order valence-electron chi connectivity index (χ4n) is 3.85. The zero-order valence-corrected chi connectivity index (χ0v) is 19.3. The van der Waals surface area contributed by atoms with E-state index in [9.17, 15) is 8.42 Å². The molecule has 0 aliphatic rings. The Labute approximate surface area is 175 Å². The molecule has 1 atom stereocenters. The van der Waals surface area contributed by atoms with E-state index in [-0.39, 0.29) is 5.75 Å². The Kier molecular flexibility index (Phi) is 14.4. The maximum Gasteiger partial charge on any atom is 0.178 e. The van der Waals surface area contributed by atoms with Crippen molar-refractivity contribution in [3.63, 3.8) is 0 Å². The van der Waals surface area contributed by atoms with E-state index in [1.807, 2.05) is 6.07 Å². The maximum absolute atomic E-state index is 12.3. The first-order chi connectivity index (χ1) is 13.6. The molecule has 0 fully saturated rings. The topological polar surface area (TPSA) is 34.1 Å². The predicted octanol–water partition coefficient (Wildman–Crippen LogP) is 7.97. The van der Waals surface area contributed by atoms with Gasteiger partial charge in [-0.15, -0.1) is 0 Å². The largest absolute Gasteiger partial charge is 0.224 e. The second kappa shape index (κ2) is 16.0. The van der Waals surface area contributed by atoms with Gasteiger partial charge in [-0.2, -0.15) is 0 Å². The minimum absolute atomic E-state index is 0.278. The van der Waals surface area contributed by atoms with Crippen LogP contribution < -0.4 is 0 Å². The number of unbranched alkanes of at least 4 members (excludes halogenated alkanes) is 11. The summed E-state index contributed by atoms with van der Waals surface area (Å²) in [6.45, 7) is 4.55. The molecule has 0 heterocycles. The van der Waals surface area contributed by atoms with E-state index in [4.69, 9.17) is 0 Å². The van der Waals surface area contributed by atoms with Crippen molar-refractivity contribution >= 4 is 9.84 Å². The van der Waals surface area contributed by atoms with Crippen LogP contribution in [0.1, 0.15) is 110 Å². The fourth-order valence-corrected chi connectivity index (χ4v) is 5.20. The average molecular weight is 409 g/mol. The second-order valence-electron chi connectivity index (χ2n) is 8.56. The molecular weight excluding hydrogens is 364 g/mol. The predicted molar refractivity (Wildman–Crippen MR) is 123 cm³/mol. The first-order valence-corrected chi connectivity index (χ1v) is 13.5. The van der Waals surface area contributed by atoms with Crippen molar-refractivity contribution < 1.29 is 8.42 Å². The molecule has 0 bridgehead atoms. The molecule has 0 spiro atoms. The smallest absolute Gasteiger partial charge is 0.178 e. The van der Waals surface area contributed by atoms with E-state index in [1.165, 1.54) is 83.5 Å². The molecule has 0 saturated carbocycles. The van der Waals surface area contributed by atoms with Crippen LogP contribution in [-0.2, 0) is 9.84 Å². The molecule has 0 radical (unpaired) electrons. The van der Waals surface area contributed by atoms with Crippen molar-refractivity contribution in [1.29, 1.82) is 0 Å². The van der Waals surface area contributed by atoms with Gasteiger partial charge in [-0.1, -0.05) is 116 Å². The zero-order valence-electron chi connectivity index (χ0n) is 18.5. The Morgan fingerprint density at radius 1 is 0.679 bits per heavy atom. The summed E-state index contributed by atoms with van der Waals surface area (Å²) in [5.41, 5.74) is 0. The van der Waals surface area contributed by atoms with E-state index < -0.39 is 9.84 Å². The number of benzene rings is 1. The Morgan fingerprint density at radius 3 is 1.68 bits per heavy atom. The lowest BCUT2D eigenvalue weighted by atomic mass is 9.98. The van der Waals surface area contributed by atoms with Gasteiger partial charge in [-0.05, 0) is 30.9 Å². The van der Waals surface area contributed by atoms with Gasteiger partial charge in [0.2, 0.25) is 0 Å². The van der Waals surface area contributed by atoms with E-state index in [1.54, 1.807) is 24.3 Å². The fraction of sp³-hybridized carbons (Fsp3) is 0.760. The van der Waals surface area contributed by atoms with Crippen LogP contribution >= 0.6 is 0 Å². The molecule has 0 aliphatic heterocycles. The van der Waals surface area contributed by atoms with Gasteiger partial charge in [0.1, 0.15) is 0 Å². The molecule has 0 aliphatic carbocycles. The Bertz CT molecular complexity index is 565. The summed E-state index contributed by atoms with van der Waals surface area (Å²) in [7, 11) is -3.10. The van der Waals surface area contributed by atoms with Crippen molar-refractivity contribution in [2.24, 2.45) is 5.92 Å². The molecule has 0 N–H and O–H groups in total. The molecule has 0 unspecified atom stereocenters. The van der Waals surface area contributed by atoms with Crippen LogP contribution in [0, 0.1) is 5.92 Å². The summed E-state index contributed by atoms with van der Waals surface area (Å²) in [4.78, 5) is 0.462. The molecule has 0 aromatic heterocycles. The van der Waals surface area contributed by atoms with E-state index in [0.29, 0.717) is 10.8 Å². The van der Waals surface area contributed by atoms with Gasteiger partial charge < -0.3 is 0 Å². The Morgan fingerprint density at radius 2 is 1.14 bits per heavy atom. The lowest BCUT2D eigenvalue weighted by molar-refractivity contribution is 0.449. The lowest BCUT2D eigenvalue weighted by Crippen LogP contribution is -2.08. The molecular formula is C25H44O2S. The second-order valence-corrected chi connectivity index (χ2v) is 10.7. The van der Waals surface area contributed by atoms with Crippen LogP contribution in [0.15, 0.2) is 35.2 Å². The summed E-state index contributed by atoms with van der Waals surface area (Å²) in [6.07, 6.45) is 19.7.